The third-order valence-electron chi connectivity index (χ3n) is 3.27. The van der Waals surface area contributed by atoms with Gasteiger partial charge in [0.1, 0.15) is 0 Å². The number of hydrogen-bond donors (Lipinski definition) is 1. The maximum absolute atomic E-state index is 10.7. The average molecular weight is 302 g/mol. The summed E-state index contributed by atoms with van der Waals surface area (Å²) in [6.45, 7) is 2.57. The Morgan fingerprint density at radius 2 is 2.10 bits per heavy atom. The molecule has 0 saturated carbocycles. The molecule has 2 N–H and O–H groups in total. The second-order valence-corrected chi connectivity index (χ2v) is 5.96. The molecule has 7 heteroatoms. The van der Waals surface area contributed by atoms with Crippen molar-refractivity contribution in [3.05, 3.63) is 51.1 Å². The highest BCUT2D eigenvalue weighted by Crippen LogP contribution is 2.29. The van der Waals surface area contributed by atoms with Crippen molar-refractivity contribution in [3.8, 4) is 11.3 Å². The van der Waals surface area contributed by atoms with E-state index in [9.17, 15) is 10.1 Å². The summed E-state index contributed by atoms with van der Waals surface area (Å²) in [4.78, 5) is 17.1. The van der Waals surface area contributed by atoms with Crippen LogP contribution in [0.25, 0.3) is 16.2 Å². The summed E-state index contributed by atoms with van der Waals surface area (Å²) >= 11 is 1.62. The largest absolute Gasteiger partial charge is 0.330 e. The van der Waals surface area contributed by atoms with Gasteiger partial charge in [0, 0.05) is 35.2 Å². The number of aromatic nitrogens is 2. The third-order valence-corrected chi connectivity index (χ3v) is 4.17. The summed E-state index contributed by atoms with van der Waals surface area (Å²) in [5.41, 5.74) is 8.55. The van der Waals surface area contributed by atoms with Gasteiger partial charge >= 0.3 is 0 Å². The Hall–Kier alpha value is -2.25. The van der Waals surface area contributed by atoms with E-state index in [0.717, 1.165) is 21.9 Å². The maximum atomic E-state index is 10.7. The molecule has 0 radical (unpaired) electrons. The molecule has 21 heavy (non-hydrogen) atoms. The fraction of sp³-hybridized carbons (Fsp3) is 0.214. The molecule has 1 aromatic carbocycles. The van der Waals surface area contributed by atoms with Crippen LogP contribution in [0.3, 0.4) is 0 Å². The first kappa shape index (κ1) is 13.7. The highest BCUT2D eigenvalue weighted by Gasteiger charge is 2.16. The highest BCUT2D eigenvalue weighted by molar-refractivity contribution is 7.17. The van der Waals surface area contributed by atoms with E-state index in [1.807, 2.05) is 13.1 Å². The maximum Gasteiger partial charge on any atom is 0.269 e. The van der Waals surface area contributed by atoms with E-state index in [0.29, 0.717) is 13.0 Å². The first-order valence-electron chi connectivity index (χ1n) is 6.52. The number of rotatable bonds is 4. The van der Waals surface area contributed by atoms with Crippen LogP contribution in [0.5, 0.6) is 0 Å². The van der Waals surface area contributed by atoms with E-state index in [1.165, 1.54) is 17.0 Å². The fourth-order valence-electron chi connectivity index (χ4n) is 2.35. The van der Waals surface area contributed by atoms with Crippen LogP contribution in [0.15, 0.2) is 30.5 Å². The quantitative estimate of drug-likeness (QED) is 0.593. The van der Waals surface area contributed by atoms with E-state index in [4.69, 9.17) is 5.73 Å². The van der Waals surface area contributed by atoms with Crippen LogP contribution in [0, 0.1) is 17.0 Å². The summed E-state index contributed by atoms with van der Waals surface area (Å²) in [6.07, 6.45) is 2.76. The Labute approximate surface area is 125 Å². The molecule has 0 bridgehead atoms. The van der Waals surface area contributed by atoms with Crippen LogP contribution in [0.1, 0.15) is 10.6 Å². The number of nitrogens with zero attached hydrogens (tertiary/aromatic N) is 3. The van der Waals surface area contributed by atoms with Gasteiger partial charge in [0.15, 0.2) is 4.96 Å². The summed E-state index contributed by atoms with van der Waals surface area (Å²) in [7, 11) is 0. The first-order chi connectivity index (χ1) is 10.1. The van der Waals surface area contributed by atoms with Crippen LogP contribution >= 0.6 is 11.3 Å². The second-order valence-electron chi connectivity index (χ2n) is 4.74. The van der Waals surface area contributed by atoms with Gasteiger partial charge in [-0.25, -0.2) is 4.98 Å². The zero-order chi connectivity index (χ0) is 15.0. The lowest BCUT2D eigenvalue weighted by Crippen LogP contribution is -2.05. The molecule has 0 amide bonds. The normalized spacial score (nSPS) is 11.1. The molecule has 3 aromatic rings. The molecule has 0 aliphatic carbocycles. The zero-order valence-corrected chi connectivity index (χ0v) is 12.3. The lowest BCUT2D eigenvalue weighted by Gasteiger charge is -2.03. The van der Waals surface area contributed by atoms with Crippen LogP contribution in [-0.2, 0) is 6.42 Å². The number of hydrogen-bond acceptors (Lipinski definition) is 5. The second kappa shape index (κ2) is 5.27. The van der Waals surface area contributed by atoms with Crippen LogP contribution in [0.2, 0.25) is 0 Å². The van der Waals surface area contributed by atoms with Gasteiger partial charge in [-0.1, -0.05) is 0 Å². The standard InChI is InChI=1S/C14H14N4O2S/c1-9-8-17-12(6-7-15)13(16-14(17)21-9)10-2-4-11(5-3-10)18(19)20/h2-5,8H,6-7,15H2,1H3. The van der Waals surface area contributed by atoms with Crippen LogP contribution < -0.4 is 5.73 Å². The van der Waals surface area contributed by atoms with Gasteiger partial charge in [-0.05, 0) is 25.6 Å². The zero-order valence-electron chi connectivity index (χ0n) is 11.4. The molecule has 0 spiro atoms. The van der Waals surface area contributed by atoms with E-state index in [2.05, 4.69) is 9.38 Å². The number of imidazole rings is 1. The van der Waals surface area contributed by atoms with E-state index >= 15 is 0 Å². The topological polar surface area (TPSA) is 86.5 Å². The van der Waals surface area contributed by atoms with Gasteiger partial charge in [0.05, 0.1) is 16.3 Å². The van der Waals surface area contributed by atoms with Gasteiger partial charge in [0.2, 0.25) is 0 Å². The van der Waals surface area contributed by atoms with Gasteiger partial charge in [-0.3, -0.25) is 14.5 Å². The van der Waals surface area contributed by atoms with Crippen molar-refractivity contribution in [3.63, 3.8) is 0 Å². The number of benzene rings is 1. The summed E-state index contributed by atoms with van der Waals surface area (Å²) in [5, 5.41) is 10.7. The molecule has 0 fully saturated rings. The molecule has 2 heterocycles. The number of nitro benzene ring substituents is 1. The molecule has 3 rings (SSSR count). The van der Waals surface area contributed by atoms with Gasteiger partial charge in [0.25, 0.3) is 5.69 Å². The Morgan fingerprint density at radius 1 is 1.38 bits per heavy atom. The third kappa shape index (κ3) is 2.41. The number of aryl methyl sites for hydroxylation is 1. The number of fused-ring (bicyclic) bond motifs is 1. The lowest BCUT2D eigenvalue weighted by molar-refractivity contribution is -0.384. The predicted octanol–water partition coefficient (Wildman–Crippen LogP) is 2.78. The van der Waals surface area contributed by atoms with E-state index < -0.39 is 4.92 Å². The molecule has 2 aromatic heterocycles. The van der Waals surface area contributed by atoms with Crippen molar-refractivity contribution in [1.29, 1.82) is 0 Å². The molecule has 0 aliphatic heterocycles. The molecule has 0 saturated heterocycles. The molecule has 6 nitrogen and oxygen atoms in total. The number of thiazole rings is 1. The van der Waals surface area contributed by atoms with Gasteiger partial charge < -0.3 is 5.73 Å². The van der Waals surface area contributed by atoms with Gasteiger partial charge in [-0.15, -0.1) is 11.3 Å². The molecule has 0 unspecified atom stereocenters. The Morgan fingerprint density at radius 3 is 2.71 bits per heavy atom. The molecular weight excluding hydrogens is 288 g/mol. The van der Waals surface area contributed by atoms with E-state index in [1.54, 1.807) is 23.5 Å². The Kier molecular flexibility index (Phi) is 3.44. The Balaban J connectivity index is 2.12. The first-order valence-corrected chi connectivity index (χ1v) is 7.34. The van der Waals surface area contributed by atoms with Crippen molar-refractivity contribution in [1.82, 2.24) is 9.38 Å². The Bertz CT molecular complexity index is 804. The minimum absolute atomic E-state index is 0.0796. The molecule has 0 aliphatic rings. The average Bonchev–Trinajstić information content (AvgIpc) is 2.97. The minimum Gasteiger partial charge on any atom is -0.330 e. The SMILES string of the molecule is Cc1cn2c(CCN)c(-c3ccc([N+](=O)[O-])cc3)nc2s1. The lowest BCUT2D eigenvalue weighted by atomic mass is 10.1. The van der Waals surface area contributed by atoms with Crippen molar-refractivity contribution in [2.24, 2.45) is 5.73 Å². The van der Waals surface area contributed by atoms with Gasteiger partial charge in [-0.2, -0.15) is 0 Å². The predicted molar refractivity (Wildman–Crippen MR) is 82.7 cm³/mol. The smallest absolute Gasteiger partial charge is 0.269 e. The summed E-state index contributed by atoms with van der Waals surface area (Å²) in [5.74, 6) is 0. The monoisotopic (exact) mass is 302 g/mol. The number of nitrogens with two attached hydrogens (primary N) is 1. The van der Waals surface area contributed by atoms with Crippen LogP contribution in [-0.4, -0.2) is 20.9 Å². The molecule has 108 valence electrons. The van der Waals surface area contributed by atoms with Crippen molar-refractivity contribution >= 4 is 22.0 Å². The van der Waals surface area contributed by atoms with Crippen molar-refractivity contribution in [2.75, 3.05) is 6.54 Å². The number of non-ortho nitro benzene ring substituents is 1. The molecule has 0 atom stereocenters. The highest BCUT2D eigenvalue weighted by atomic mass is 32.1. The van der Waals surface area contributed by atoms with Crippen molar-refractivity contribution in [2.45, 2.75) is 13.3 Å². The van der Waals surface area contributed by atoms with Crippen LogP contribution in [0.4, 0.5) is 5.69 Å². The summed E-state index contributed by atoms with van der Waals surface area (Å²) < 4.78 is 2.06. The number of nitro groups is 1. The summed E-state index contributed by atoms with van der Waals surface area (Å²) in [6, 6.07) is 6.47. The fourth-order valence-corrected chi connectivity index (χ4v) is 3.19. The minimum atomic E-state index is -0.403. The van der Waals surface area contributed by atoms with E-state index in [-0.39, 0.29) is 5.69 Å². The molecular formula is C14H14N4O2S. The van der Waals surface area contributed by atoms with Crippen molar-refractivity contribution < 1.29 is 4.92 Å².